The second-order valence-electron chi connectivity index (χ2n) is 6.35. The topological polar surface area (TPSA) is 63.7 Å². The van der Waals surface area contributed by atoms with Gasteiger partial charge in [0.2, 0.25) is 5.92 Å². The standard InChI is InChI=1S/C17H17F2NO4/c1-20-14(21)12-5-4-11(7-13(12)15(20)22)16(23)24-9-10-3-2-6-17(18,19)8-10/h4-5,7,10H,2-3,6,8-9H2,1H3. The highest BCUT2D eigenvalue weighted by atomic mass is 19.3. The van der Waals surface area contributed by atoms with Crippen LogP contribution in [-0.4, -0.2) is 42.3 Å². The van der Waals surface area contributed by atoms with Crippen molar-refractivity contribution in [2.45, 2.75) is 31.6 Å². The summed E-state index contributed by atoms with van der Waals surface area (Å²) in [6.07, 6.45) is 0.621. The number of hydrogen-bond donors (Lipinski definition) is 0. The van der Waals surface area contributed by atoms with E-state index in [2.05, 4.69) is 0 Å². The van der Waals surface area contributed by atoms with Crippen LogP contribution in [0.2, 0.25) is 0 Å². The Morgan fingerprint density at radius 3 is 2.71 bits per heavy atom. The van der Waals surface area contributed by atoms with E-state index in [1.54, 1.807) is 0 Å². The molecular formula is C17H17F2NO4. The molecule has 2 amide bonds. The van der Waals surface area contributed by atoms with E-state index in [-0.39, 0.29) is 42.1 Å². The van der Waals surface area contributed by atoms with E-state index < -0.39 is 23.7 Å². The highest BCUT2D eigenvalue weighted by molar-refractivity contribution is 6.21. The van der Waals surface area contributed by atoms with Gasteiger partial charge in [-0.2, -0.15) is 0 Å². The molecule has 0 bridgehead atoms. The van der Waals surface area contributed by atoms with E-state index in [0.29, 0.717) is 12.8 Å². The highest BCUT2D eigenvalue weighted by Crippen LogP contribution is 2.36. The summed E-state index contributed by atoms with van der Waals surface area (Å²) in [5.41, 5.74) is 0.528. The third-order valence-electron chi connectivity index (χ3n) is 4.52. The Hall–Kier alpha value is -2.31. The van der Waals surface area contributed by atoms with Crippen LogP contribution >= 0.6 is 0 Å². The van der Waals surface area contributed by atoms with Gasteiger partial charge < -0.3 is 4.74 Å². The summed E-state index contributed by atoms with van der Waals surface area (Å²) in [5, 5.41) is 0. The lowest BCUT2D eigenvalue weighted by Crippen LogP contribution is -2.29. The fraction of sp³-hybridized carbons (Fsp3) is 0.471. The summed E-state index contributed by atoms with van der Waals surface area (Å²) in [7, 11) is 1.37. The number of benzene rings is 1. The second-order valence-corrected chi connectivity index (χ2v) is 6.35. The molecule has 0 aromatic heterocycles. The molecule has 128 valence electrons. The lowest BCUT2D eigenvalue weighted by Gasteiger charge is -2.28. The number of ether oxygens (including phenoxy) is 1. The maximum absolute atomic E-state index is 13.4. The molecule has 1 atom stereocenters. The monoisotopic (exact) mass is 337 g/mol. The molecule has 1 aromatic rings. The molecule has 1 aliphatic carbocycles. The molecule has 1 unspecified atom stereocenters. The van der Waals surface area contributed by atoms with Crippen molar-refractivity contribution >= 4 is 17.8 Å². The number of esters is 1. The Kier molecular flexibility index (Phi) is 4.11. The van der Waals surface area contributed by atoms with Crippen molar-refractivity contribution in [1.29, 1.82) is 0 Å². The number of alkyl halides is 2. The molecule has 24 heavy (non-hydrogen) atoms. The normalized spacial score (nSPS) is 22.5. The van der Waals surface area contributed by atoms with E-state index in [9.17, 15) is 23.2 Å². The fourth-order valence-corrected chi connectivity index (χ4v) is 3.18. The first-order valence-corrected chi connectivity index (χ1v) is 7.80. The summed E-state index contributed by atoms with van der Waals surface area (Å²) >= 11 is 0. The van der Waals surface area contributed by atoms with Crippen LogP contribution in [0, 0.1) is 5.92 Å². The van der Waals surface area contributed by atoms with Gasteiger partial charge in [0.1, 0.15) is 0 Å². The molecule has 1 aromatic carbocycles. The van der Waals surface area contributed by atoms with Crippen molar-refractivity contribution in [2.24, 2.45) is 5.92 Å². The number of hydrogen-bond acceptors (Lipinski definition) is 4. The molecule has 0 spiro atoms. The number of rotatable bonds is 3. The van der Waals surface area contributed by atoms with Gasteiger partial charge in [-0.15, -0.1) is 0 Å². The zero-order valence-corrected chi connectivity index (χ0v) is 13.2. The average molecular weight is 337 g/mol. The van der Waals surface area contributed by atoms with Gasteiger partial charge in [0.15, 0.2) is 0 Å². The van der Waals surface area contributed by atoms with Crippen molar-refractivity contribution in [1.82, 2.24) is 4.90 Å². The molecular weight excluding hydrogens is 320 g/mol. The van der Waals surface area contributed by atoms with Crippen molar-refractivity contribution in [2.75, 3.05) is 13.7 Å². The number of carbonyl (C=O) groups excluding carboxylic acids is 3. The number of imide groups is 1. The number of amides is 2. The number of nitrogens with zero attached hydrogens (tertiary/aromatic N) is 1. The van der Waals surface area contributed by atoms with Crippen molar-refractivity contribution in [3.8, 4) is 0 Å². The Morgan fingerprint density at radius 2 is 2.00 bits per heavy atom. The Bertz CT molecular complexity index is 717. The smallest absolute Gasteiger partial charge is 0.338 e. The quantitative estimate of drug-likeness (QED) is 0.628. The molecule has 5 nitrogen and oxygen atoms in total. The second kappa shape index (κ2) is 5.96. The van der Waals surface area contributed by atoms with Crippen LogP contribution < -0.4 is 0 Å². The minimum absolute atomic E-state index is 0.0711. The molecule has 0 saturated heterocycles. The van der Waals surface area contributed by atoms with Crippen molar-refractivity contribution in [3.63, 3.8) is 0 Å². The van der Waals surface area contributed by atoms with Crippen LogP contribution in [-0.2, 0) is 4.74 Å². The van der Waals surface area contributed by atoms with Crippen LogP contribution in [0.1, 0.15) is 56.8 Å². The van der Waals surface area contributed by atoms with E-state index in [1.807, 2.05) is 0 Å². The maximum Gasteiger partial charge on any atom is 0.338 e. The molecule has 0 radical (unpaired) electrons. The van der Waals surface area contributed by atoms with E-state index in [1.165, 1.54) is 25.2 Å². The molecule has 7 heteroatoms. The predicted molar refractivity (Wildman–Crippen MR) is 80.1 cm³/mol. The van der Waals surface area contributed by atoms with Crippen molar-refractivity contribution < 1.29 is 27.9 Å². The van der Waals surface area contributed by atoms with Gasteiger partial charge >= 0.3 is 5.97 Å². The maximum atomic E-state index is 13.4. The Balaban J connectivity index is 1.66. The van der Waals surface area contributed by atoms with Gasteiger partial charge in [-0.05, 0) is 37.0 Å². The van der Waals surface area contributed by atoms with Crippen LogP contribution in [0.3, 0.4) is 0 Å². The number of halogens is 2. The first-order valence-electron chi connectivity index (χ1n) is 7.80. The fourth-order valence-electron chi connectivity index (χ4n) is 3.18. The van der Waals surface area contributed by atoms with Gasteiger partial charge in [-0.1, -0.05) is 0 Å². The first kappa shape index (κ1) is 16.5. The lowest BCUT2D eigenvalue weighted by molar-refractivity contribution is -0.0626. The molecule has 1 saturated carbocycles. The van der Waals surface area contributed by atoms with Gasteiger partial charge in [0.05, 0.1) is 23.3 Å². The highest BCUT2D eigenvalue weighted by Gasteiger charge is 2.37. The third-order valence-corrected chi connectivity index (χ3v) is 4.52. The third kappa shape index (κ3) is 3.02. The van der Waals surface area contributed by atoms with Crippen molar-refractivity contribution in [3.05, 3.63) is 34.9 Å². The summed E-state index contributed by atoms with van der Waals surface area (Å²) in [6, 6.07) is 4.13. The van der Waals surface area contributed by atoms with Crippen LogP contribution in [0.5, 0.6) is 0 Å². The molecule has 1 heterocycles. The molecule has 1 fully saturated rings. The van der Waals surface area contributed by atoms with Gasteiger partial charge in [-0.25, -0.2) is 13.6 Å². The largest absolute Gasteiger partial charge is 0.462 e. The zero-order chi connectivity index (χ0) is 17.5. The number of fused-ring (bicyclic) bond motifs is 1. The van der Waals surface area contributed by atoms with E-state index in [0.717, 1.165) is 4.90 Å². The zero-order valence-electron chi connectivity index (χ0n) is 13.2. The molecule has 2 aliphatic rings. The van der Waals surface area contributed by atoms with Crippen LogP contribution in [0.25, 0.3) is 0 Å². The molecule has 0 N–H and O–H groups in total. The van der Waals surface area contributed by atoms with Crippen LogP contribution in [0.4, 0.5) is 8.78 Å². The number of carbonyl (C=O) groups is 3. The SMILES string of the molecule is CN1C(=O)c2ccc(C(=O)OCC3CCCC(F)(F)C3)cc2C1=O. The lowest BCUT2D eigenvalue weighted by atomic mass is 9.87. The predicted octanol–water partition coefficient (Wildman–Crippen LogP) is 2.89. The van der Waals surface area contributed by atoms with E-state index >= 15 is 0 Å². The van der Waals surface area contributed by atoms with E-state index in [4.69, 9.17) is 4.74 Å². The van der Waals surface area contributed by atoms with Crippen LogP contribution in [0.15, 0.2) is 18.2 Å². The van der Waals surface area contributed by atoms with Gasteiger partial charge in [0.25, 0.3) is 11.8 Å². The average Bonchev–Trinajstić information content (AvgIpc) is 2.76. The summed E-state index contributed by atoms with van der Waals surface area (Å²) in [6.45, 7) is -0.0711. The van der Waals surface area contributed by atoms with Gasteiger partial charge in [-0.3, -0.25) is 14.5 Å². The minimum Gasteiger partial charge on any atom is -0.462 e. The molecule has 3 rings (SSSR count). The minimum atomic E-state index is -2.69. The summed E-state index contributed by atoms with van der Waals surface area (Å²) in [5.74, 6) is -4.63. The first-order chi connectivity index (χ1) is 11.3. The van der Waals surface area contributed by atoms with Gasteiger partial charge in [0, 0.05) is 19.9 Å². The Labute approximate surface area is 137 Å². The molecule has 1 aliphatic heterocycles. The Morgan fingerprint density at radius 1 is 1.29 bits per heavy atom. The summed E-state index contributed by atoms with van der Waals surface area (Å²) < 4.78 is 31.8. The summed E-state index contributed by atoms with van der Waals surface area (Å²) in [4.78, 5) is 36.8.